The fourth-order valence-corrected chi connectivity index (χ4v) is 4.71. The standard InChI is InChI=1S/C22H21ClN2O2S/c1-22(27,13-26)15-6-8-24-19(11-15)17-7-9-25-20-12-16(28-21(17)20)10-14-4-2-3-5-18(14)23/h2,4,6-9,11-12,26-27H,3,5,10,13H2,1H3. The van der Waals surface area contributed by atoms with Gasteiger partial charge in [-0.15, -0.1) is 11.3 Å². The Hall–Kier alpha value is -2.05. The number of nitrogens with zero attached hydrogens (tertiary/aromatic N) is 2. The van der Waals surface area contributed by atoms with Crippen molar-refractivity contribution in [3.05, 3.63) is 69.9 Å². The van der Waals surface area contributed by atoms with Gasteiger partial charge in [0, 0.05) is 34.3 Å². The molecule has 3 aromatic rings. The van der Waals surface area contributed by atoms with Crippen molar-refractivity contribution in [3.8, 4) is 11.3 Å². The number of aromatic nitrogens is 2. The van der Waals surface area contributed by atoms with Gasteiger partial charge in [-0.3, -0.25) is 9.97 Å². The van der Waals surface area contributed by atoms with Gasteiger partial charge in [-0.25, -0.2) is 0 Å². The number of hydrogen-bond donors (Lipinski definition) is 2. The Morgan fingerprint density at radius 1 is 1.21 bits per heavy atom. The van der Waals surface area contributed by atoms with Crippen LogP contribution in [0.4, 0.5) is 0 Å². The van der Waals surface area contributed by atoms with Crippen LogP contribution >= 0.6 is 22.9 Å². The molecule has 0 aliphatic heterocycles. The van der Waals surface area contributed by atoms with Crippen molar-refractivity contribution in [1.82, 2.24) is 9.97 Å². The molecule has 0 saturated heterocycles. The molecule has 2 N–H and O–H groups in total. The fraction of sp³-hybridized carbons (Fsp3) is 0.273. The number of hydrogen-bond acceptors (Lipinski definition) is 5. The second kappa shape index (κ2) is 7.76. The first kappa shape index (κ1) is 19.3. The molecule has 1 aliphatic rings. The molecule has 0 bridgehead atoms. The summed E-state index contributed by atoms with van der Waals surface area (Å²) in [7, 11) is 0. The molecule has 0 amide bonds. The van der Waals surface area contributed by atoms with Crippen LogP contribution < -0.4 is 0 Å². The van der Waals surface area contributed by atoms with E-state index >= 15 is 0 Å². The van der Waals surface area contributed by atoms with E-state index in [1.165, 1.54) is 10.5 Å². The van der Waals surface area contributed by atoms with Crippen LogP contribution in [-0.2, 0) is 12.0 Å². The lowest BCUT2D eigenvalue weighted by atomic mass is 9.96. The van der Waals surface area contributed by atoms with E-state index in [1.54, 1.807) is 36.7 Å². The number of fused-ring (bicyclic) bond motifs is 1. The van der Waals surface area contributed by atoms with Crippen LogP contribution in [0.5, 0.6) is 0 Å². The lowest BCUT2D eigenvalue weighted by molar-refractivity contribution is -0.00230. The van der Waals surface area contributed by atoms with Crippen molar-refractivity contribution in [2.45, 2.75) is 31.8 Å². The number of halogens is 1. The van der Waals surface area contributed by atoms with E-state index in [0.717, 1.165) is 45.8 Å². The molecule has 4 rings (SSSR count). The maximum absolute atomic E-state index is 10.4. The predicted molar refractivity (Wildman–Crippen MR) is 114 cm³/mol. The lowest BCUT2D eigenvalue weighted by Gasteiger charge is -2.21. The number of thiophene rings is 1. The number of rotatable bonds is 5. The minimum Gasteiger partial charge on any atom is -0.393 e. The summed E-state index contributed by atoms with van der Waals surface area (Å²) < 4.78 is 1.06. The summed E-state index contributed by atoms with van der Waals surface area (Å²) in [6.07, 6.45) is 10.4. The van der Waals surface area contributed by atoms with E-state index in [9.17, 15) is 10.2 Å². The Morgan fingerprint density at radius 3 is 2.82 bits per heavy atom. The number of aliphatic hydroxyl groups excluding tert-OH is 1. The van der Waals surface area contributed by atoms with E-state index in [-0.39, 0.29) is 6.61 Å². The van der Waals surface area contributed by atoms with Gasteiger partial charge < -0.3 is 10.2 Å². The van der Waals surface area contributed by atoms with Gasteiger partial charge >= 0.3 is 0 Å². The smallest absolute Gasteiger partial charge is 0.110 e. The van der Waals surface area contributed by atoms with E-state index in [1.807, 2.05) is 12.1 Å². The topological polar surface area (TPSA) is 66.2 Å². The molecule has 0 spiro atoms. The van der Waals surface area contributed by atoms with E-state index < -0.39 is 5.60 Å². The minimum absolute atomic E-state index is 0.352. The highest BCUT2D eigenvalue weighted by Gasteiger charge is 2.23. The zero-order chi connectivity index (χ0) is 19.7. The van der Waals surface area contributed by atoms with E-state index in [0.29, 0.717) is 5.56 Å². The van der Waals surface area contributed by atoms with Gasteiger partial charge in [0.2, 0.25) is 0 Å². The first-order valence-corrected chi connectivity index (χ1v) is 10.4. The molecule has 1 atom stereocenters. The van der Waals surface area contributed by atoms with Crippen LogP contribution in [0.15, 0.2) is 59.4 Å². The molecule has 4 nitrogen and oxygen atoms in total. The maximum atomic E-state index is 10.4. The molecule has 144 valence electrons. The van der Waals surface area contributed by atoms with Crippen LogP contribution in [0.25, 0.3) is 21.5 Å². The second-order valence-corrected chi connectivity index (χ2v) is 8.79. The van der Waals surface area contributed by atoms with Gasteiger partial charge in [0.1, 0.15) is 5.60 Å². The summed E-state index contributed by atoms with van der Waals surface area (Å²) >= 11 is 8.09. The highest BCUT2D eigenvalue weighted by atomic mass is 35.5. The molecule has 0 radical (unpaired) electrons. The Morgan fingerprint density at radius 2 is 2.04 bits per heavy atom. The van der Waals surface area contributed by atoms with Crippen LogP contribution in [0.2, 0.25) is 0 Å². The van der Waals surface area contributed by atoms with Crippen molar-refractivity contribution in [2.24, 2.45) is 0 Å². The molecule has 3 heterocycles. The summed E-state index contributed by atoms with van der Waals surface area (Å²) in [4.78, 5) is 10.2. The molecule has 0 saturated carbocycles. The molecular formula is C22H21ClN2O2S. The number of allylic oxidation sites excluding steroid dienone is 4. The van der Waals surface area contributed by atoms with Gasteiger partial charge in [0.15, 0.2) is 0 Å². The number of aliphatic hydroxyl groups is 2. The highest BCUT2D eigenvalue weighted by Crippen LogP contribution is 2.36. The molecule has 0 fully saturated rings. The first-order valence-electron chi connectivity index (χ1n) is 9.19. The van der Waals surface area contributed by atoms with Crippen molar-refractivity contribution < 1.29 is 10.2 Å². The summed E-state index contributed by atoms with van der Waals surface area (Å²) in [6, 6.07) is 7.60. The SMILES string of the molecule is CC(O)(CO)c1ccnc(-c2ccnc3cc(CC4=C(Cl)CCC=C4)sc23)c1. The van der Waals surface area contributed by atoms with Crippen molar-refractivity contribution in [1.29, 1.82) is 0 Å². The Bertz CT molecular complexity index is 1090. The van der Waals surface area contributed by atoms with Crippen LogP contribution in [0, 0.1) is 0 Å². The number of pyridine rings is 2. The zero-order valence-corrected chi connectivity index (χ0v) is 17.1. The maximum Gasteiger partial charge on any atom is 0.110 e. The van der Waals surface area contributed by atoms with Gasteiger partial charge in [0.25, 0.3) is 0 Å². The van der Waals surface area contributed by atoms with Gasteiger partial charge in [-0.05, 0) is 55.2 Å². The van der Waals surface area contributed by atoms with Crippen LogP contribution in [0.1, 0.15) is 30.2 Å². The fourth-order valence-electron chi connectivity index (χ4n) is 3.31. The average molecular weight is 413 g/mol. The largest absolute Gasteiger partial charge is 0.393 e. The van der Waals surface area contributed by atoms with Gasteiger partial charge in [0.05, 0.1) is 22.5 Å². The monoisotopic (exact) mass is 412 g/mol. The third-order valence-electron chi connectivity index (χ3n) is 4.99. The van der Waals surface area contributed by atoms with Gasteiger partial charge in [-0.2, -0.15) is 0 Å². The van der Waals surface area contributed by atoms with E-state index in [2.05, 4.69) is 28.2 Å². The second-order valence-electron chi connectivity index (χ2n) is 7.20. The minimum atomic E-state index is -1.30. The summed E-state index contributed by atoms with van der Waals surface area (Å²) in [5, 5.41) is 20.8. The molecule has 1 unspecified atom stereocenters. The molecule has 28 heavy (non-hydrogen) atoms. The molecular weight excluding hydrogens is 392 g/mol. The summed E-state index contributed by atoms with van der Waals surface area (Å²) in [6.45, 7) is 1.24. The highest BCUT2D eigenvalue weighted by molar-refractivity contribution is 7.19. The molecule has 0 aromatic carbocycles. The van der Waals surface area contributed by atoms with Crippen LogP contribution in [0.3, 0.4) is 0 Å². The van der Waals surface area contributed by atoms with Crippen LogP contribution in [-0.4, -0.2) is 26.8 Å². The first-order chi connectivity index (χ1) is 13.5. The Kier molecular flexibility index (Phi) is 5.34. The van der Waals surface area contributed by atoms with E-state index in [4.69, 9.17) is 11.6 Å². The quantitative estimate of drug-likeness (QED) is 0.622. The average Bonchev–Trinajstić information content (AvgIpc) is 3.12. The normalized spacial score (nSPS) is 16.6. The third-order valence-corrected chi connectivity index (χ3v) is 6.58. The molecule has 6 heteroatoms. The predicted octanol–water partition coefficient (Wildman–Crippen LogP) is 4.94. The van der Waals surface area contributed by atoms with Crippen molar-refractivity contribution in [2.75, 3.05) is 6.61 Å². The van der Waals surface area contributed by atoms with Crippen molar-refractivity contribution >= 4 is 33.2 Å². The summed E-state index contributed by atoms with van der Waals surface area (Å²) in [5.74, 6) is 0. The molecule has 3 aromatic heterocycles. The van der Waals surface area contributed by atoms with Crippen molar-refractivity contribution in [3.63, 3.8) is 0 Å². The Balaban J connectivity index is 1.74. The summed E-state index contributed by atoms with van der Waals surface area (Å²) in [5.41, 5.74) is 3.14. The third kappa shape index (κ3) is 3.76. The van der Waals surface area contributed by atoms with Gasteiger partial charge in [-0.1, -0.05) is 23.8 Å². The molecule has 1 aliphatic carbocycles. The Labute approximate surface area is 172 Å². The lowest BCUT2D eigenvalue weighted by Crippen LogP contribution is -2.25. The zero-order valence-electron chi connectivity index (χ0n) is 15.5.